The molecule has 9 heteroatoms. The van der Waals surface area contributed by atoms with Gasteiger partial charge in [-0.15, -0.1) is 0 Å². The Hall–Kier alpha value is -2.19. The highest BCUT2D eigenvalue weighted by molar-refractivity contribution is 7.22. The van der Waals surface area contributed by atoms with E-state index in [1.807, 2.05) is 0 Å². The summed E-state index contributed by atoms with van der Waals surface area (Å²) in [6.45, 7) is 0. The number of nitrogens with one attached hydrogen (secondary N) is 1. The standard InChI is InChI=1S/C15H7ClF4N2OS/c16-9-4-5-10-12(11(9)17)24-14(21-10)22-13(23)7-2-1-3-8(6-7)15(18,19)20/h1-6H,(H,21,22,23). The molecule has 3 aromatic rings. The van der Waals surface area contributed by atoms with E-state index < -0.39 is 23.5 Å². The van der Waals surface area contributed by atoms with E-state index in [9.17, 15) is 22.4 Å². The maximum absolute atomic E-state index is 13.9. The Morgan fingerprint density at radius 3 is 2.67 bits per heavy atom. The van der Waals surface area contributed by atoms with Crippen LogP contribution in [0.25, 0.3) is 10.2 Å². The molecule has 3 nitrogen and oxygen atoms in total. The van der Waals surface area contributed by atoms with Crippen molar-refractivity contribution in [1.82, 2.24) is 4.98 Å². The number of anilines is 1. The van der Waals surface area contributed by atoms with Crippen molar-refractivity contribution in [2.45, 2.75) is 6.18 Å². The summed E-state index contributed by atoms with van der Waals surface area (Å²) in [5, 5.41) is 2.35. The van der Waals surface area contributed by atoms with Crippen molar-refractivity contribution in [3.63, 3.8) is 0 Å². The summed E-state index contributed by atoms with van der Waals surface area (Å²) >= 11 is 6.51. The van der Waals surface area contributed by atoms with Crippen LogP contribution in [0.5, 0.6) is 0 Å². The minimum atomic E-state index is -4.55. The van der Waals surface area contributed by atoms with Gasteiger partial charge in [-0.2, -0.15) is 13.2 Å². The zero-order chi connectivity index (χ0) is 17.5. The highest BCUT2D eigenvalue weighted by Crippen LogP contribution is 2.32. The summed E-state index contributed by atoms with van der Waals surface area (Å²) in [6, 6.07) is 6.80. The van der Waals surface area contributed by atoms with E-state index in [1.54, 1.807) is 0 Å². The van der Waals surface area contributed by atoms with Gasteiger partial charge in [-0.1, -0.05) is 29.0 Å². The van der Waals surface area contributed by atoms with Gasteiger partial charge in [-0.05, 0) is 30.3 Å². The highest BCUT2D eigenvalue weighted by Gasteiger charge is 2.31. The van der Waals surface area contributed by atoms with Gasteiger partial charge in [0.15, 0.2) is 10.9 Å². The average molecular weight is 375 g/mol. The fourth-order valence-electron chi connectivity index (χ4n) is 2.00. The lowest BCUT2D eigenvalue weighted by Gasteiger charge is -2.08. The minimum Gasteiger partial charge on any atom is -0.298 e. The van der Waals surface area contributed by atoms with Gasteiger partial charge in [0.05, 0.1) is 20.8 Å². The molecule has 0 spiro atoms. The zero-order valence-electron chi connectivity index (χ0n) is 11.6. The van der Waals surface area contributed by atoms with Gasteiger partial charge in [-0.3, -0.25) is 10.1 Å². The fraction of sp³-hybridized carbons (Fsp3) is 0.0667. The number of hydrogen-bond acceptors (Lipinski definition) is 3. The van der Waals surface area contributed by atoms with Crippen LogP contribution in [0.3, 0.4) is 0 Å². The second-order valence-corrected chi connectivity index (χ2v) is 6.17. The summed E-state index contributed by atoms with van der Waals surface area (Å²) in [4.78, 5) is 16.1. The average Bonchev–Trinajstić information content (AvgIpc) is 2.94. The lowest BCUT2D eigenvalue weighted by Crippen LogP contribution is -2.13. The number of hydrogen-bond donors (Lipinski definition) is 1. The number of halogens is 5. The van der Waals surface area contributed by atoms with Crippen LogP contribution in [-0.2, 0) is 6.18 Å². The van der Waals surface area contributed by atoms with E-state index in [4.69, 9.17) is 11.6 Å². The molecule has 1 aromatic heterocycles. The van der Waals surface area contributed by atoms with Crippen molar-refractivity contribution < 1.29 is 22.4 Å². The predicted molar refractivity (Wildman–Crippen MR) is 84.0 cm³/mol. The number of carbonyl (C=O) groups excluding carboxylic acids is 1. The van der Waals surface area contributed by atoms with Gasteiger partial charge in [0.2, 0.25) is 0 Å². The zero-order valence-corrected chi connectivity index (χ0v) is 13.2. The number of aromatic nitrogens is 1. The molecule has 1 N–H and O–H groups in total. The number of amides is 1. The number of carbonyl (C=O) groups is 1. The van der Waals surface area contributed by atoms with Gasteiger partial charge >= 0.3 is 6.18 Å². The Morgan fingerprint density at radius 1 is 1.21 bits per heavy atom. The molecule has 0 bridgehead atoms. The second kappa shape index (κ2) is 6.03. The van der Waals surface area contributed by atoms with Crippen molar-refractivity contribution in [2.75, 3.05) is 5.32 Å². The van der Waals surface area contributed by atoms with E-state index in [0.717, 1.165) is 29.5 Å². The topological polar surface area (TPSA) is 42.0 Å². The van der Waals surface area contributed by atoms with Crippen molar-refractivity contribution >= 4 is 44.2 Å². The molecule has 1 amide bonds. The number of rotatable bonds is 2. The van der Waals surface area contributed by atoms with Crippen LogP contribution in [0.4, 0.5) is 22.7 Å². The monoisotopic (exact) mass is 374 g/mol. The van der Waals surface area contributed by atoms with E-state index in [1.165, 1.54) is 18.2 Å². The molecule has 0 unspecified atom stereocenters. The first kappa shape index (κ1) is 16.7. The fourth-order valence-corrected chi connectivity index (χ4v) is 3.11. The third-order valence-corrected chi connectivity index (χ3v) is 4.39. The number of fused-ring (bicyclic) bond motifs is 1. The first-order valence-electron chi connectivity index (χ1n) is 6.49. The lowest BCUT2D eigenvalue weighted by atomic mass is 10.1. The molecule has 0 fully saturated rings. The second-order valence-electron chi connectivity index (χ2n) is 4.76. The number of thiazole rings is 1. The number of nitrogens with zero attached hydrogens (tertiary/aromatic N) is 1. The molecule has 0 aliphatic carbocycles. The quantitative estimate of drug-likeness (QED) is 0.613. The minimum absolute atomic E-state index is 0.0635. The van der Waals surface area contributed by atoms with Crippen LogP contribution < -0.4 is 5.32 Å². The Kier molecular flexibility index (Phi) is 4.18. The van der Waals surface area contributed by atoms with Crippen LogP contribution in [0.2, 0.25) is 5.02 Å². The van der Waals surface area contributed by atoms with E-state index in [2.05, 4.69) is 10.3 Å². The molecule has 0 aliphatic rings. The van der Waals surface area contributed by atoms with Crippen molar-refractivity contribution in [3.05, 3.63) is 58.4 Å². The SMILES string of the molecule is O=C(Nc1nc2ccc(Cl)c(F)c2s1)c1cccc(C(F)(F)F)c1. The molecule has 0 atom stereocenters. The first-order chi connectivity index (χ1) is 11.3. The van der Waals surface area contributed by atoms with E-state index >= 15 is 0 Å². The van der Waals surface area contributed by atoms with Gasteiger partial charge in [0.25, 0.3) is 5.91 Å². The van der Waals surface area contributed by atoms with Gasteiger partial charge in [0, 0.05) is 5.56 Å². The molecule has 124 valence electrons. The maximum Gasteiger partial charge on any atom is 0.416 e. The number of alkyl halides is 3. The molecule has 24 heavy (non-hydrogen) atoms. The predicted octanol–water partition coefficient (Wildman–Crippen LogP) is 5.36. The summed E-state index contributed by atoms with van der Waals surface area (Å²) in [7, 11) is 0. The maximum atomic E-state index is 13.9. The summed E-state index contributed by atoms with van der Waals surface area (Å²) in [5.41, 5.74) is -0.818. The normalized spacial score (nSPS) is 11.7. The summed E-state index contributed by atoms with van der Waals surface area (Å²) in [5.74, 6) is -1.43. The molecule has 0 radical (unpaired) electrons. The largest absolute Gasteiger partial charge is 0.416 e. The summed E-state index contributed by atoms with van der Waals surface area (Å²) in [6.07, 6.45) is -4.55. The molecular formula is C15H7ClF4N2OS. The molecule has 0 saturated heterocycles. The summed E-state index contributed by atoms with van der Waals surface area (Å²) < 4.78 is 52.1. The molecule has 3 rings (SSSR count). The van der Waals surface area contributed by atoms with Gasteiger partial charge in [0.1, 0.15) is 0 Å². The van der Waals surface area contributed by atoms with Crippen LogP contribution in [0.1, 0.15) is 15.9 Å². The molecule has 1 heterocycles. The molecular weight excluding hydrogens is 368 g/mol. The Balaban J connectivity index is 1.89. The third-order valence-electron chi connectivity index (χ3n) is 3.12. The van der Waals surface area contributed by atoms with Gasteiger partial charge in [-0.25, -0.2) is 9.37 Å². The Bertz CT molecular complexity index is 939. The van der Waals surface area contributed by atoms with Crippen LogP contribution in [-0.4, -0.2) is 10.9 Å². The van der Waals surface area contributed by atoms with Crippen LogP contribution in [0, 0.1) is 5.82 Å². The Morgan fingerprint density at radius 2 is 1.96 bits per heavy atom. The number of benzene rings is 2. The first-order valence-corrected chi connectivity index (χ1v) is 7.68. The molecule has 0 saturated carbocycles. The van der Waals surface area contributed by atoms with E-state index in [0.29, 0.717) is 5.52 Å². The third kappa shape index (κ3) is 3.20. The van der Waals surface area contributed by atoms with Crippen LogP contribution in [0.15, 0.2) is 36.4 Å². The molecule has 2 aromatic carbocycles. The van der Waals surface area contributed by atoms with Crippen molar-refractivity contribution in [3.8, 4) is 0 Å². The smallest absolute Gasteiger partial charge is 0.298 e. The van der Waals surface area contributed by atoms with Crippen molar-refractivity contribution in [1.29, 1.82) is 0 Å². The van der Waals surface area contributed by atoms with E-state index in [-0.39, 0.29) is 20.4 Å². The van der Waals surface area contributed by atoms with Crippen molar-refractivity contribution in [2.24, 2.45) is 0 Å². The van der Waals surface area contributed by atoms with Gasteiger partial charge < -0.3 is 0 Å². The van der Waals surface area contributed by atoms with Crippen LogP contribution >= 0.6 is 22.9 Å². The highest BCUT2D eigenvalue weighted by atomic mass is 35.5. The molecule has 0 aliphatic heterocycles. The Labute approximate surface area is 141 Å². The lowest BCUT2D eigenvalue weighted by molar-refractivity contribution is -0.137.